The molecule has 11 nitrogen and oxygen atoms in total. The summed E-state index contributed by atoms with van der Waals surface area (Å²) in [5.41, 5.74) is 7.12. The van der Waals surface area contributed by atoms with Gasteiger partial charge in [-0.05, 0) is 35.4 Å². The lowest BCUT2D eigenvalue weighted by molar-refractivity contribution is 0.0593. The molecule has 3 heterocycles. The SMILES string of the molecule is CCOc1ccc2nc(SCc3c(C(=O)OC)nnn3-c3nonc3N)sc2c1. The van der Waals surface area contributed by atoms with Crippen molar-refractivity contribution < 1.29 is 18.9 Å². The van der Waals surface area contributed by atoms with Crippen molar-refractivity contribution in [1.82, 2.24) is 30.3 Å². The second-order valence-electron chi connectivity index (χ2n) is 5.59. The van der Waals surface area contributed by atoms with Crippen molar-refractivity contribution in [3.8, 4) is 11.6 Å². The summed E-state index contributed by atoms with van der Waals surface area (Å²) < 4.78 is 18.1. The molecule has 0 radical (unpaired) electrons. The number of methoxy groups -OCH3 is 1. The number of nitrogens with zero attached hydrogens (tertiary/aromatic N) is 6. The summed E-state index contributed by atoms with van der Waals surface area (Å²) in [7, 11) is 1.27. The van der Waals surface area contributed by atoms with E-state index in [0.717, 1.165) is 20.3 Å². The van der Waals surface area contributed by atoms with Gasteiger partial charge in [-0.3, -0.25) is 0 Å². The second-order valence-corrected chi connectivity index (χ2v) is 7.85. The number of anilines is 1. The maximum absolute atomic E-state index is 12.1. The number of nitrogen functional groups attached to an aromatic ring is 1. The topological polar surface area (TPSA) is 144 Å². The summed E-state index contributed by atoms with van der Waals surface area (Å²) in [5.74, 6) is 0.675. The van der Waals surface area contributed by atoms with E-state index in [1.807, 2.05) is 25.1 Å². The van der Waals surface area contributed by atoms with Gasteiger partial charge >= 0.3 is 5.97 Å². The second kappa shape index (κ2) is 8.05. The molecule has 2 N–H and O–H groups in total. The smallest absolute Gasteiger partial charge is 0.360 e. The number of thiazole rings is 1. The van der Waals surface area contributed by atoms with Gasteiger partial charge < -0.3 is 15.2 Å². The van der Waals surface area contributed by atoms with Crippen molar-refractivity contribution in [3.05, 3.63) is 29.6 Å². The highest BCUT2D eigenvalue weighted by Crippen LogP contribution is 2.34. The third-order valence-corrected chi connectivity index (χ3v) is 5.99. The summed E-state index contributed by atoms with van der Waals surface area (Å²) >= 11 is 2.94. The Morgan fingerprint density at radius 3 is 2.97 bits per heavy atom. The van der Waals surface area contributed by atoms with Crippen LogP contribution in [0.3, 0.4) is 0 Å². The molecule has 4 aromatic rings. The zero-order valence-corrected chi connectivity index (χ0v) is 17.0. The molecular formula is C16H15N7O4S2. The van der Waals surface area contributed by atoms with E-state index in [9.17, 15) is 4.79 Å². The molecule has 0 atom stereocenters. The molecular weight excluding hydrogens is 418 g/mol. The first kappa shape index (κ1) is 19.1. The summed E-state index contributed by atoms with van der Waals surface area (Å²) in [6.07, 6.45) is 0. The zero-order valence-electron chi connectivity index (χ0n) is 15.4. The van der Waals surface area contributed by atoms with Crippen molar-refractivity contribution >= 4 is 45.1 Å². The highest BCUT2D eigenvalue weighted by Gasteiger charge is 2.25. The van der Waals surface area contributed by atoms with Gasteiger partial charge in [-0.2, -0.15) is 4.68 Å². The number of hydrogen-bond donors (Lipinski definition) is 1. The molecule has 0 saturated heterocycles. The van der Waals surface area contributed by atoms with Gasteiger partial charge in [-0.1, -0.05) is 17.0 Å². The first-order valence-electron chi connectivity index (χ1n) is 8.38. The number of carbonyl (C=O) groups is 1. The lowest BCUT2D eigenvalue weighted by Crippen LogP contribution is -2.09. The number of nitrogens with two attached hydrogens (primary N) is 1. The first-order valence-corrected chi connectivity index (χ1v) is 10.2. The Morgan fingerprint density at radius 2 is 2.24 bits per heavy atom. The standard InChI is InChI=1S/C16H15N7O4S2/c1-3-26-8-4-5-9-11(6-8)29-16(18-9)28-7-10-12(15(24)25-2)19-22-23(10)14-13(17)20-27-21-14/h4-6H,3,7H2,1-2H3,(H2,17,20). The third-order valence-electron chi connectivity index (χ3n) is 3.82. The zero-order chi connectivity index (χ0) is 20.4. The number of esters is 1. The molecule has 13 heteroatoms. The molecule has 0 spiro atoms. The van der Waals surface area contributed by atoms with E-state index >= 15 is 0 Å². The molecule has 0 aliphatic carbocycles. The van der Waals surface area contributed by atoms with Crippen LogP contribution in [0, 0.1) is 0 Å². The Hall–Kier alpha value is -3.19. The van der Waals surface area contributed by atoms with E-state index in [2.05, 4.69) is 30.2 Å². The number of hydrogen-bond acceptors (Lipinski definition) is 12. The van der Waals surface area contributed by atoms with Crippen LogP contribution in [0.1, 0.15) is 23.1 Å². The highest BCUT2D eigenvalue weighted by atomic mass is 32.2. The Morgan fingerprint density at radius 1 is 1.38 bits per heavy atom. The largest absolute Gasteiger partial charge is 0.494 e. The molecule has 0 aliphatic rings. The molecule has 29 heavy (non-hydrogen) atoms. The summed E-state index contributed by atoms with van der Waals surface area (Å²) in [6, 6.07) is 5.75. The Labute approximate surface area is 172 Å². The average molecular weight is 433 g/mol. The summed E-state index contributed by atoms with van der Waals surface area (Å²) in [6.45, 7) is 2.53. The number of aromatic nitrogens is 6. The monoisotopic (exact) mass is 433 g/mol. The maximum atomic E-state index is 12.1. The molecule has 0 unspecified atom stereocenters. The highest BCUT2D eigenvalue weighted by molar-refractivity contribution is 8.00. The Bertz CT molecular complexity index is 1170. The van der Waals surface area contributed by atoms with Crippen LogP contribution in [0.2, 0.25) is 0 Å². The van der Waals surface area contributed by atoms with Gasteiger partial charge in [0, 0.05) is 5.75 Å². The third kappa shape index (κ3) is 3.73. The van der Waals surface area contributed by atoms with Gasteiger partial charge in [0.2, 0.25) is 11.6 Å². The minimum atomic E-state index is -0.618. The number of thioether (sulfide) groups is 1. The predicted octanol–water partition coefficient (Wildman–Crippen LogP) is 2.32. The molecule has 0 fully saturated rings. The van der Waals surface area contributed by atoms with Crippen molar-refractivity contribution in [2.75, 3.05) is 19.5 Å². The van der Waals surface area contributed by atoms with Crippen molar-refractivity contribution in [2.24, 2.45) is 0 Å². The number of rotatable bonds is 7. The minimum Gasteiger partial charge on any atom is -0.494 e. The fourth-order valence-electron chi connectivity index (χ4n) is 2.53. The lowest BCUT2D eigenvalue weighted by atomic mass is 10.3. The van der Waals surface area contributed by atoms with E-state index in [1.54, 1.807) is 0 Å². The van der Waals surface area contributed by atoms with E-state index in [-0.39, 0.29) is 17.3 Å². The van der Waals surface area contributed by atoms with Crippen LogP contribution in [0.15, 0.2) is 27.2 Å². The Balaban J connectivity index is 1.63. The quantitative estimate of drug-likeness (QED) is 0.338. The summed E-state index contributed by atoms with van der Waals surface area (Å²) in [5, 5.41) is 15.1. The van der Waals surface area contributed by atoms with E-state index in [1.165, 1.54) is 34.9 Å². The molecule has 3 aromatic heterocycles. The number of ether oxygens (including phenoxy) is 2. The molecule has 0 saturated carbocycles. The van der Waals surface area contributed by atoms with Crippen molar-refractivity contribution in [2.45, 2.75) is 17.0 Å². The fraction of sp³-hybridized carbons (Fsp3) is 0.250. The van der Waals surface area contributed by atoms with Crippen LogP contribution in [0.5, 0.6) is 5.75 Å². The first-order chi connectivity index (χ1) is 14.1. The fourth-order valence-corrected chi connectivity index (χ4v) is 4.62. The van der Waals surface area contributed by atoms with Gasteiger partial charge in [0.25, 0.3) is 0 Å². The van der Waals surface area contributed by atoms with Gasteiger partial charge in [-0.15, -0.1) is 16.4 Å². The number of fused-ring (bicyclic) bond motifs is 1. The van der Waals surface area contributed by atoms with Crippen molar-refractivity contribution in [1.29, 1.82) is 0 Å². The molecule has 0 bridgehead atoms. The summed E-state index contributed by atoms with van der Waals surface area (Å²) in [4.78, 5) is 16.7. The predicted molar refractivity (Wildman–Crippen MR) is 105 cm³/mol. The maximum Gasteiger partial charge on any atom is 0.360 e. The van der Waals surface area contributed by atoms with Crippen LogP contribution < -0.4 is 10.5 Å². The molecule has 1 aromatic carbocycles. The van der Waals surface area contributed by atoms with Gasteiger partial charge in [-0.25, -0.2) is 14.4 Å². The van der Waals surface area contributed by atoms with Crippen LogP contribution in [0.4, 0.5) is 5.82 Å². The van der Waals surface area contributed by atoms with Crippen LogP contribution in [-0.2, 0) is 10.5 Å². The number of carbonyl (C=O) groups excluding carboxylic acids is 1. The normalized spacial score (nSPS) is 11.1. The molecule has 0 aliphatic heterocycles. The van der Waals surface area contributed by atoms with E-state index in [4.69, 9.17) is 15.2 Å². The van der Waals surface area contributed by atoms with Crippen molar-refractivity contribution in [3.63, 3.8) is 0 Å². The lowest BCUT2D eigenvalue weighted by Gasteiger charge is -2.03. The molecule has 0 amide bonds. The number of benzene rings is 1. The van der Waals surface area contributed by atoms with Crippen LogP contribution in [-0.4, -0.2) is 50.0 Å². The van der Waals surface area contributed by atoms with Crippen LogP contribution >= 0.6 is 23.1 Å². The molecule has 150 valence electrons. The molecule has 4 rings (SSSR count). The average Bonchev–Trinajstić information content (AvgIpc) is 3.43. The van der Waals surface area contributed by atoms with Gasteiger partial charge in [0.15, 0.2) is 10.0 Å². The van der Waals surface area contributed by atoms with Gasteiger partial charge in [0.1, 0.15) is 5.75 Å². The minimum absolute atomic E-state index is 0.0287. The van der Waals surface area contributed by atoms with E-state index < -0.39 is 5.97 Å². The van der Waals surface area contributed by atoms with Gasteiger partial charge in [0.05, 0.1) is 29.6 Å². The van der Waals surface area contributed by atoms with Crippen LogP contribution in [0.25, 0.3) is 16.0 Å². The van der Waals surface area contributed by atoms with E-state index in [0.29, 0.717) is 18.1 Å². The Kier molecular flexibility index (Phi) is 5.31.